The summed E-state index contributed by atoms with van der Waals surface area (Å²) in [6.07, 6.45) is -3.39. The van der Waals surface area contributed by atoms with Crippen molar-refractivity contribution in [2.24, 2.45) is 0 Å². The van der Waals surface area contributed by atoms with Crippen molar-refractivity contribution in [1.29, 1.82) is 0 Å². The molecule has 0 saturated heterocycles. The van der Waals surface area contributed by atoms with Crippen molar-refractivity contribution in [3.05, 3.63) is 65.0 Å². The van der Waals surface area contributed by atoms with Crippen molar-refractivity contribution < 1.29 is 32.3 Å². The highest BCUT2D eigenvalue weighted by Gasteiger charge is 2.30. The summed E-state index contributed by atoms with van der Waals surface area (Å²) < 4.78 is 43.3. The van der Waals surface area contributed by atoms with E-state index < -0.39 is 29.5 Å². The maximum absolute atomic E-state index is 12.9. The van der Waals surface area contributed by atoms with E-state index in [0.29, 0.717) is 0 Å². The minimum atomic E-state index is -4.53. The molecule has 0 radical (unpaired) electrons. The van der Waals surface area contributed by atoms with Gasteiger partial charge in [-0.2, -0.15) is 13.2 Å². The second kappa shape index (κ2) is 9.18. The number of rotatable bonds is 6. The van der Waals surface area contributed by atoms with Gasteiger partial charge < -0.3 is 15.0 Å². The lowest BCUT2D eigenvalue weighted by Gasteiger charge is -2.22. The van der Waals surface area contributed by atoms with Crippen LogP contribution in [-0.4, -0.2) is 48.4 Å². The quantitative estimate of drug-likeness (QED) is 0.740. The zero-order valence-electron chi connectivity index (χ0n) is 15.6. The number of carbonyl (C=O) groups excluding carboxylic acids is 3. The number of amides is 2. The Balaban J connectivity index is 2.29. The van der Waals surface area contributed by atoms with Crippen LogP contribution in [-0.2, 0) is 22.3 Å². The second-order valence-electron chi connectivity index (χ2n) is 5.96. The van der Waals surface area contributed by atoms with E-state index in [4.69, 9.17) is 0 Å². The van der Waals surface area contributed by atoms with Crippen LogP contribution < -0.4 is 5.32 Å². The van der Waals surface area contributed by atoms with Gasteiger partial charge in [-0.3, -0.25) is 9.59 Å². The Hall–Kier alpha value is -3.43. The summed E-state index contributed by atoms with van der Waals surface area (Å²) in [7, 11) is 2.56. The number of pyridine rings is 1. The van der Waals surface area contributed by atoms with Gasteiger partial charge in [-0.1, -0.05) is 12.1 Å². The van der Waals surface area contributed by atoms with E-state index in [2.05, 4.69) is 15.0 Å². The predicted octanol–water partition coefficient (Wildman–Crippen LogP) is 2.28. The number of nitrogens with zero attached hydrogens (tertiary/aromatic N) is 2. The summed E-state index contributed by atoms with van der Waals surface area (Å²) in [4.78, 5) is 41.0. The number of hydrogen-bond donors (Lipinski definition) is 1. The van der Waals surface area contributed by atoms with Crippen molar-refractivity contribution in [1.82, 2.24) is 15.2 Å². The first-order valence-corrected chi connectivity index (χ1v) is 8.36. The Morgan fingerprint density at radius 3 is 2.45 bits per heavy atom. The summed E-state index contributed by atoms with van der Waals surface area (Å²) in [5.41, 5.74) is -0.601. The van der Waals surface area contributed by atoms with Crippen LogP contribution in [0.2, 0.25) is 0 Å². The lowest BCUT2D eigenvalue weighted by molar-refractivity contribution is -0.137. The fraction of sp³-hybridized carbons (Fsp3) is 0.263. The number of ether oxygens (including phenoxy) is 1. The van der Waals surface area contributed by atoms with Gasteiger partial charge >= 0.3 is 12.1 Å². The van der Waals surface area contributed by atoms with Gasteiger partial charge in [0.15, 0.2) is 0 Å². The fourth-order valence-electron chi connectivity index (χ4n) is 2.45. The lowest BCUT2D eigenvalue weighted by Crippen LogP contribution is -2.39. The van der Waals surface area contributed by atoms with E-state index in [1.165, 1.54) is 38.4 Å². The van der Waals surface area contributed by atoms with Crippen LogP contribution >= 0.6 is 0 Å². The lowest BCUT2D eigenvalue weighted by atomic mass is 10.1. The number of hydrogen-bond acceptors (Lipinski definition) is 5. The van der Waals surface area contributed by atoms with Crippen LogP contribution in [0.4, 0.5) is 13.2 Å². The summed E-state index contributed by atoms with van der Waals surface area (Å²) in [6, 6.07) is 7.10. The molecule has 0 spiro atoms. The van der Waals surface area contributed by atoms with Gasteiger partial charge in [0, 0.05) is 19.8 Å². The van der Waals surface area contributed by atoms with E-state index in [-0.39, 0.29) is 29.9 Å². The smallest absolute Gasteiger partial charge is 0.416 e. The van der Waals surface area contributed by atoms with Gasteiger partial charge in [0.2, 0.25) is 5.91 Å². The first kappa shape index (κ1) is 21.9. The van der Waals surface area contributed by atoms with Gasteiger partial charge in [-0.25, -0.2) is 9.78 Å². The summed E-state index contributed by atoms with van der Waals surface area (Å²) in [5.74, 6) is -1.81. The molecule has 0 saturated carbocycles. The molecule has 0 aliphatic carbocycles. The number of alkyl halides is 3. The molecule has 1 aromatic heterocycles. The van der Waals surface area contributed by atoms with Crippen LogP contribution in [0.1, 0.15) is 32.0 Å². The van der Waals surface area contributed by atoms with Gasteiger partial charge in [0.1, 0.15) is 12.2 Å². The normalized spacial score (nSPS) is 10.9. The van der Waals surface area contributed by atoms with E-state index >= 15 is 0 Å². The zero-order chi connectivity index (χ0) is 21.6. The predicted molar refractivity (Wildman–Crippen MR) is 95.8 cm³/mol. The average Bonchev–Trinajstić information content (AvgIpc) is 2.71. The monoisotopic (exact) mass is 409 g/mol. The van der Waals surface area contributed by atoms with Crippen molar-refractivity contribution in [2.45, 2.75) is 12.7 Å². The van der Waals surface area contributed by atoms with Crippen molar-refractivity contribution in [3.8, 4) is 0 Å². The van der Waals surface area contributed by atoms with Gasteiger partial charge in [0.25, 0.3) is 5.91 Å². The number of esters is 1. The SMILES string of the molecule is CNC(=O)CN(Cc1cccc(C(F)(F)F)c1)C(=O)c1ccc(C(=O)OC)nc1. The number of methoxy groups -OCH3 is 1. The Labute approximate surface area is 164 Å². The van der Waals surface area contributed by atoms with E-state index in [1.807, 2.05) is 0 Å². The number of carbonyl (C=O) groups is 3. The molecule has 0 unspecified atom stereocenters. The fourth-order valence-corrected chi connectivity index (χ4v) is 2.45. The molecule has 154 valence electrons. The van der Waals surface area contributed by atoms with Gasteiger partial charge in [0.05, 0.1) is 18.2 Å². The molecule has 29 heavy (non-hydrogen) atoms. The van der Waals surface area contributed by atoms with Crippen LogP contribution in [0.15, 0.2) is 42.6 Å². The molecule has 0 aliphatic rings. The molecule has 0 aliphatic heterocycles. The van der Waals surface area contributed by atoms with Crippen molar-refractivity contribution >= 4 is 17.8 Å². The third kappa shape index (κ3) is 5.77. The van der Waals surface area contributed by atoms with Crippen molar-refractivity contribution in [3.63, 3.8) is 0 Å². The molecule has 1 N–H and O–H groups in total. The van der Waals surface area contributed by atoms with E-state index in [1.54, 1.807) is 0 Å². The molecule has 2 rings (SSSR count). The molecule has 10 heteroatoms. The van der Waals surface area contributed by atoms with Crippen LogP contribution in [0, 0.1) is 0 Å². The molecule has 1 aromatic carbocycles. The summed E-state index contributed by atoms with van der Waals surface area (Å²) in [5, 5.41) is 2.37. The number of halogens is 3. The maximum atomic E-state index is 12.9. The molecule has 0 bridgehead atoms. The molecular formula is C19H18F3N3O4. The van der Waals surface area contributed by atoms with Crippen molar-refractivity contribution in [2.75, 3.05) is 20.7 Å². The topological polar surface area (TPSA) is 88.6 Å². The molecule has 1 heterocycles. The molecule has 2 aromatic rings. The molecule has 0 atom stereocenters. The van der Waals surface area contributed by atoms with Crippen LogP contribution in [0.25, 0.3) is 0 Å². The highest BCUT2D eigenvalue weighted by molar-refractivity contribution is 5.97. The molecular weight excluding hydrogens is 391 g/mol. The number of aromatic nitrogens is 1. The highest BCUT2D eigenvalue weighted by atomic mass is 19.4. The Kier molecular flexibility index (Phi) is 6.92. The number of likely N-dealkylation sites (N-methyl/N-ethyl adjacent to an activating group) is 1. The van der Waals surface area contributed by atoms with Gasteiger partial charge in [-0.15, -0.1) is 0 Å². The second-order valence-corrected chi connectivity index (χ2v) is 5.96. The highest BCUT2D eigenvalue weighted by Crippen LogP contribution is 2.29. The zero-order valence-corrected chi connectivity index (χ0v) is 15.6. The summed E-state index contributed by atoms with van der Waals surface area (Å²) in [6.45, 7) is -0.598. The Morgan fingerprint density at radius 2 is 1.90 bits per heavy atom. The van der Waals surface area contributed by atoms with Crippen LogP contribution in [0.5, 0.6) is 0 Å². The molecule has 0 fully saturated rings. The van der Waals surface area contributed by atoms with E-state index in [9.17, 15) is 27.6 Å². The van der Waals surface area contributed by atoms with Gasteiger partial charge in [-0.05, 0) is 29.8 Å². The van der Waals surface area contributed by atoms with Crippen LogP contribution in [0.3, 0.4) is 0 Å². The first-order valence-electron chi connectivity index (χ1n) is 8.36. The van der Waals surface area contributed by atoms with E-state index in [0.717, 1.165) is 23.2 Å². The standard InChI is InChI=1S/C19H18F3N3O4/c1-23-16(26)11-25(10-12-4-3-5-14(8-12)19(20,21)22)17(27)13-6-7-15(24-9-13)18(28)29-2/h3-9H,10-11H2,1-2H3,(H,23,26). The maximum Gasteiger partial charge on any atom is 0.416 e. The molecule has 7 nitrogen and oxygen atoms in total. The first-order chi connectivity index (χ1) is 13.7. The number of benzene rings is 1. The third-order valence-electron chi connectivity index (χ3n) is 3.93. The average molecular weight is 409 g/mol. The molecule has 2 amide bonds. The minimum absolute atomic E-state index is 0.0141. The number of nitrogens with one attached hydrogen (secondary N) is 1. The summed E-state index contributed by atoms with van der Waals surface area (Å²) >= 11 is 0. The minimum Gasteiger partial charge on any atom is -0.464 e. The Morgan fingerprint density at radius 1 is 1.17 bits per heavy atom. The Bertz CT molecular complexity index is 898. The largest absolute Gasteiger partial charge is 0.464 e. The third-order valence-corrected chi connectivity index (χ3v) is 3.93.